The van der Waals surface area contributed by atoms with E-state index in [0.717, 1.165) is 70.6 Å². The summed E-state index contributed by atoms with van der Waals surface area (Å²) in [6.45, 7) is 4.27. The second-order valence-electron chi connectivity index (χ2n) is 22.4. The Morgan fingerprint density at radius 2 is 0.844 bits per heavy atom. The van der Waals surface area contributed by atoms with Crippen LogP contribution in [0.15, 0.2) is 48.6 Å². The van der Waals surface area contributed by atoms with E-state index in [1.54, 1.807) is 6.08 Å². The molecule has 1 saturated heterocycles. The standard InChI is InChI=1S/C66H121NO10/c1-3-5-7-9-11-13-14-15-16-28-31-34-38-42-46-50-54-62(71)75-55-51-47-43-39-35-32-29-26-24-22-20-18-17-19-21-23-25-27-30-33-37-41-45-49-53-61(70)67-58(59(69)52-48-44-40-36-12-10-8-6-4-2)57-76-66-65(74)64(73)63(72)60(56-68)77-66/h12,16,19,21,28,36,48,52,58-60,63-66,68-69,72-74H,3-11,13-15,17-18,20,22-27,29-35,37-47,49-51,53-57H2,1-2H3,(H,67,70)/b21-19-,28-16-,36-12+,52-48+. The van der Waals surface area contributed by atoms with Crippen LogP contribution in [-0.4, -0.2) is 100 Å². The van der Waals surface area contributed by atoms with Gasteiger partial charge < -0.3 is 45.1 Å². The van der Waals surface area contributed by atoms with Gasteiger partial charge in [0, 0.05) is 12.8 Å². The Morgan fingerprint density at radius 1 is 0.468 bits per heavy atom. The van der Waals surface area contributed by atoms with Gasteiger partial charge in [-0.25, -0.2) is 0 Å². The molecule has 450 valence electrons. The summed E-state index contributed by atoms with van der Waals surface area (Å²) in [6.07, 6.45) is 61.0. The minimum absolute atomic E-state index is 0.00674. The molecule has 1 fully saturated rings. The molecule has 1 aliphatic heterocycles. The van der Waals surface area contributed by atoms with Crippen molar-refractivity contribution in [3.63, 3.8) is 0 Å². The van der Waals surface area contributed by atoms with Crippen molar-refractivity contribution in [2.24, 2.45) is 0 Å². The first-order chi connectivity index (χ1) is 37.7. The number of hydrogen-bond acceptors (Lipinski definition) is 10. The maximum absolute atomic E-state index is 13.0. The van der Waals surface area contributed by atoms with Gasteiger partial charge in [-0.05, 0) is 96.3 Å². The number of allylic oxidation sites excluding steroid dienone is 7. The number of aliphatic hydroxyl groups excluding tert-OH is 5. The third kappa shape index (κ3) is 45.0. The van der Waals surface area contributed by atoms with Gasteiger partial charge in [0.25, 0.3) is 0 Å². The number of rotatable bonds is 56. The second-order valence-corrected chi connectivity index (χ2v) is 22.4. The molecule has 1 aliphatic rings. The Balaban J connectivity index is 1.97. The van der Waals surface area contributed by atoms with Crippen molar-refractivity contribution >= 4 is 11.9 Å². The predicted molar refractivity (Wildman–Crippen MR) is 320 cm³/mol. The van der Waals surface area contributed by atoms with E-state index in [1.165, 1.54) is 199 Å². The van der Waals surface area contributed by atoms with Gasteiger partial charge in [0.2, 0.25) is 5.91 Å². The van der Waals surface area contributed by atoms with Crippen LogP contribution in [-0.2, 0) is 23.8 Å². The van der Waals surface area contributed by atoms with Crippen LogP contribution >= 0.6 is 0 Å². The van der Waals surface area contributed by atoms with Crippen LogP contribution in [0, 0.1) is 0 Å². The first-order valence-corrected chi connectivity index (χ1v) is 32.4. The van der Waals surface area contributed by atoms with E-state index in [4.69, 9.17) is 14.2 Å². The van der Waals surface area contributed by atoms with Crippen molar-refractivity contribution in [2.45, 2.75) is 339 Å². The van der Waals surface area contributed by atoms with E-state index in [2.05, 4.69) is 55.6 Å². The molecule has 0 saturated carbocycles. The highest BCUT2D eigenvalue weighted by molar-refractivity contribution is 5.76. The van der Waals surface area contributed by atoms with Gasteiger partial charge in [-0.1, -0.05) is 236 Å². The molecule has 1 heterocycles. The first-order valence-electron chi connectivity index (χ1n) is 32.4. The van der Waals surface area contributed by atoms with Crippen molar-refractivity contribution in [3.05, 3.63) is 48.6 Å². The average Bonchev–Trinajstić information content (AvgIpc) is 3.43. The van der Waals surface area contributed by atoms with Crippen molar-refractivity contribution in [1.29, 1.82) is 0 Å². The van der Waals surface area contributed by atoms with Crippen molar-refractivity contribution in [1.82, 2.24) is 5.32 Å². The number of carbonyl (C=O) groups is 2. The molecule has 7 unspecified atom stereocenters. The predicted octanol–water partition coefficient (Wildman–Crippen LogP) is 15.6. The number of hydrogen-bond donors (Lipinski definition) is 6. The molecular formula is C66H121NO10. The highest BCUT2D eigenvalue weighted by Crippen LogP contribution is 2.23. The summed E-state index contributed by atoms with van der Waals surface area (Å²) in [5, 5.41) is 54.2. The lowest BCUT2D eigenvalue weighted by Gasteiger charge is -2.40. The Bertz CT molecular complexity index is 1420. The zero-order chi connectivity index (χ0) is 55.9. The molecule has 1 rings (SSSR count). The molecule has 6 N–H and O–H groups in total. The number of aliphatic hydroxyl groups is 5. The van der Waals surface area contributed by atoms with E-state index < -0.39 is 49.5 Å². The molecule has 11 nitrogen and oxygen atoms in total. The molecule has 0 bridgehead atoms. The van der Waals surface area contributed by atoms with Gasteiger partial charge in [0.15, 0.2) is 6.29 Å². The molecule has 0 spiro atoms. The fourth-order valence-electron chi connectivity index (χ4n) is 9.97. The second kappa shape index (κ2) is 55.5. The summed E-state index contributed by atoms with van der Waals surface area (Å²) in [5.41, 5.74) is 0. The van der Waals surface area contributed by atoms with E-state index >= 15 is 0 Å². The van der Waals surface area contributed by atoms with Crippen molar-refractivity contribution < 1.29 is 49.3 Å². The largest absolute Gasteiger partial charge is 0.466 e. The molecule has 0 aliphatic carbocycles. The summed E-state index contributed by atoms with van der Waals surface area (Å²) in [5.74, 6) is -0.206. The zero-order valence-electron chi connectivity index (χ0n) is 49.7. The molecule has 0 aromatic rings. The van der Waals surface area contributed by atoms with Crippen molar-refractivity contribution in [3.8, 4) is 0 Å². The lowest BCUT2D eigenvalue weighted by Crippen LogP contribution is -2.60. The van der Waals surface area contributed by atoms with Crippen LogP contribution < -0.4 is 5.32 Å². The first kappa shape index (κ1) is 72.6. The van der Waals surface area contributed by atoms with Crippen molar-refractivity contribution in [2.75, 3.05) is 19.8 Å². The van der Waals surface area contributed by atoms with E-state index in [-0.39, 0.29) is 18.5 Å². The van der Waals surface area contributed by atoms with Gasteiger partial charge in [0.1, 0.15) is 24.4 Å². The third-order valence-electron chi connectivity index (χ3n) is 15.1. The molecule has 77 heavy (non-hydrogen) atoms. The molecule has 0 aromatic carbocycles. The van der Waals surface area contributed by atoms with Gasteiger partial charge in [-0.2, -0.15) is 0 Å². The minimum Gasteiger partial charge on any atom is -0.466 e. The lowest BCUT2D eigenvalue weighted by molar-refractivity contribution is -0.302. The number of unbranched alkanes of at least 4 members (excludes halogenated alkanes) is 36. The molecule has 0 radical (unpaired) electrons. The average molecular weight is 1090 g/mol. The number of nitrogens with one attached hydrogen (secondary N) is 1. The molecule has 11 heteroatoms. The highest BCUT2D eigenvalue weighted by Gasteiger charge is 2.44. The highest BCUT2D eigenvalue weighted by atomic mass is 16.7. The monoisotopic (exact) mass is 1090 g/mol. The maximum Gasteiger partial charge on any atom is 0.305 e. The van der Waals surface area contributed by atoms with Gasteiger partial charge in [0.05, 0.1) is 32.0 Å². The van der Waals surface area contributed by atoms with Gasteiger partial charge >= 0.3 is 5.97 Å². The topological polar surface area (TPSA) is 175 Å². The fourth-order valence-corrected chi connectivity index (χ4v) is 9.97. The molecular weight excluding hydrogens is 967 g/mol. The number of esters is 1. The normalized spacial score (nSPS) is 18.9. The van der Waals surface area contributed by atoms with E-state index in [0.29, 0.717) is 19.4 Å². The summed E-state index contributed by atoms with van der Waals surface area (Å²) in [7, 11) is 0. The van der Waals surface area contributed by atoms with E-state index in [1.807, 2.05) is 6.08 Å². The molecule has 7 atom stereocenters. The Hall–Kier alpha value is -2.38. The number of ether oxygens (including phenoxy) is 3. The Labute approximate surface area is 472 Å². The molecule has 1 amide bonds. The number of amides is 1. The SMILES string of the molecule is CCCCC/C=C/CC/C=C/C(O)C(COC1OC(CO)C(O)C(O)C1O)NC(=O)CCCCCCCCCC/C=C\CCCCCCCCCCCCCCOC(=O)CCCCCCC/C=C\CCCCCCCCC. The fraction of sp³-hybridized carbons (Fsp3) is 0.848. The van der Waals surface area contributed by atoms with Gasteiger partial charge in [-0.15, -0.1) is 0 Å². The summed E-state index contributed by atoms with van der Waals surface area (Å²) in [6, 6.07) is -0.830. The van der Waals surface area contributed by atoms with Gasteiger partial charge in [-0.3, -0.25) is 9.59 Å². The number of carbonyl (C=O) groups excluding carboxylic acids is 2. The summed E-state index contributed by atoms with van der Waals surface area (Å²) < 4.78 is 16.7. The third-order valence-corrected chi connectivity index (χ3v) is 15.1. The zero-order valence-corrected chi connectivity index (χ0v) is 49.7. The smallest absolute Gasteiger partial charge is 0.305 e. The summed E-state index contributed by atoms with van der Waals surface area (Å²) in [4.78, 5) is 25.1. The molecule has 0 aromatic heterocycles. The van der Waals surface area contributed by atoms with Crippen LogP contribution in [0.25, 0.3) is 0 Å². The van der Waals surface area contributed by atoms with Crippen LogP contribution in [0.4, 0.5) is 0 Å². The quantitative estimate of drug-likeness (QED) is 0.0195. The maximum atomic E-state index is 13.0. The lowest BCUT2D eigenvalue weighted by atomic mass is 9.99. The van der Waals surface area contributed by atoms with Crippen LogP contribution in [0.3, 0.4) is 0 Å². The van der Waals surface area contributed by atoms with Crippen LogP contribution in [0.2, 0.25) is 0 Å². The van der Waals surface area contributed by atoms with Crippen LogP contribution in [0.5, 0.6) is 0 Å². The Morgan fingerprint density at radius 3 is 1.31 bits per heavy atom. The minimum atomic E-state index is -1.58. The summed E-state index contributed by atoms with van der Waals surface area (Å²) >= 11 is 0. The van der Waals surface area contributed by atoms with E-state index in [9.17, 15) is 35.1 Å². The van der Waals surface area contributed by atoms with Crippen LogP contribution in [0.1, 0.15) is 296 Å². The Kier molecular flexibility index (Phi) is 52.4.